The Morgan fingerprint density at radius 3 is 2.44 bits per heavy atom. The van der Waals surface area contributed by atoms with Crippen molar-refractivity contribution in [1.82, 2.24) is 4.72 Å². The third kappa shape index (κ3) is 4.46. The van der Waals surface area contributed by atoms with Gasteiger partial charge < -0.3 is 9.84 Å². The highest BCUT2D eigenvalue weighted by molar-refractivity contribution is 7.90. The maximum atomic E-state index is 11.5. The maximum Gasteiger partial charge on any atom is 0.322 e. The van der Waals surface area contributed by atoms with Crippen LogP contribution in [0.4, 0.5) is 0 Å². The van der Waals surface area contributed by atoms with E-state index >= 15 is 0 Å². The number of carbonyl (C=O) groups is 1. The number of hydrogen-bond acceptors (Lipinski definition) is 5. The second-order valence-electron chi connectivity index (χ2n) is 3.96. The van der Waals surface area contributed by atoms with E-state index < -0.39 is 21.7 Å². The molecule has 0 bridgehead atoms. The lowest BCUT2D eigenvalue weighted by Gasteiger charge is -2.25. The fourth-order valence-electron chi connectivity index (χ4n) is 1.70. The van der Waals surface area contributed by atoms with Crippen LogP contribution in [0.3, 0.4) is 0 Å². The average molecular weight is 251 g/mol. The fraction of sp³-hybridized carbons (Fsp3) is 0.889. The predicted octanol–water partition coefficient (Wildman–Crippen LogP) is -0.618. The molecule has 1 aliphatic rings. The molecule has 6 nitrogen and oxygen atoms in total. The molecule has 1 fully saturated rings. The Hall–Kier alpha value is -0.660. The molecule has 0 heterocycles. The highest BCUT2D eigenvalue weighted by atomic mass is 32.2. The van der Waals surface area contributed by atoms with Crippen LogP contribution in [0.25, 0.3) is 0 Å². The van der Waals surface area contributed by atoms with Gasteiger partial charge in [0.2, 0.25) is 10.0 Å². The lowest BCUT2D eigenvalue weighted by atomic mass is 9.94. The minimum Gasteiger partial charge on any atom is -0.468 e. The number of ether oxygens (including phenoxy) is 1. The first-order valence-corrected chi connectivity index (χ1v) is 6.83. The summed E-state index contributed by atoms with van der Waals surface area (Å²) in [4.78, 5) is 10.8. The van der Waals surface area contributed by atoms with Crippen molar-refractivity contribution in [2.24, 2.45) is 0 Å². The van der Waals surface area contributed by atoms with E-state index in [4.69, 9.17) is 0 Å². The van der Waals surface area contributed by atoms with Gasteiger partial charge in [0, 0.05) is 6.04 Å². The summed E-state index contributed by atoms with van der Waals surface area (Å²) in [5.74, 6) is -1.42. The van der Waals surface area contributed by atoms with E-state index in [9.17, 15) is 18.3 Å². The molecule has 0 spiro atoms. The van der Waals surface area contributed by atoms with Gasteiger partial charge >= 0.3 is 5.97 Å². The number of sulfonamides is 1. The molecular weight excluding hydrogens is 234 g/mol. The summed E-state index contributed by atoms with van der Waals surface area (Å²) in [5.41, 5.74) is 0. The van der Waals surface area contributed by atoms with Crippen LogP contribution >= 0.6 is 0 Å². The number of nitrogens with one attached hydrogen (secondary N) is 1. The second kappa shape index (κ2) is 5.60. The van der Waals surface area contributed by atoms with Gasteiger partial charge in [-0.05, 0) is 25.7 Å². The molecule has 0 unspecified atom stereocenters. The number of rotatable bonds is 4. The molecule has 0 saturated heterocycles. The van der Waals surface area contributed by atoms with Crippen molar-refractivity contribution in [2.45, 2.75) is 37.8 Å². The maximum absolute atomic E-state index is 11.5. The molecule has 0 aliphatic heterocycles. The van der Waals surface area contributed by atoms with Crippen molar-refractivity contribution in [2.75, 3.05) is 12.9 Å². The molecule has 0 aromatic rings. The van der Waals surface area contributed by atoms with Gasteiger partial charge in [0.05, 0.1) is 13.2 Å². The normalized spacial score (nSPS) is 26.4. The van der Waals surface area contributed by atoms with Gasteiger partial charge in [-0.25, -0.2) is 13.1 Å². The van der Waals surface area contributed by atoms with E-state index in [-0.39, 0.29) is 12.1 Å². The number of aliphatic hydroxyl groups is 1. The fourth-order valence-corrected chi connectivity index (χ4v) is 2.96. The zero-order valence-electron chi connectivity index (χ0n) is 9.18. The van der Waals surface area contributed by atoms with Crippen molar-refractivity contribution in [3.05, 3.63) is 0 Å². The Kier molecular flexibility index (Phi) is 4.69. The Labute approximate surface area is 95.0 Å². The van der Waals surface area contributed by atoms with E-state index in [2.05, 4.69) is 9.46 Å². The zero-order valence-corrected chi connectivity index (χ0v) is 10.00. The van der Waals surface area contributed by atoms with Gasteiger partial charge in [-0.3, -0.25) is 4.79 Å². The van der Waals surface area contributed by atoms with E-state index in [1.165, 1.54) is 0 Å². The number of aliphatic hydroxyl groups excluding tert-OH is 1. The minimum absolute atomic E-state index is 0.182. The number of methoxy groups -OCH3 is 1. The summed E-state index contributed by atoms with van der Waals surface area (Å²) < 4.78 is 29.7. The van der Waals surface area contributed by atoms with E-state index in [0.29, 0.717) is 25.7 Å². The molecule has 0 radical (unpaired) electrons. The molecule has 1 rings (SSSR count). The first kappa shape index (κ1) is 13.4. The second-order valence-corrected chi connectivity index (χ2v) is 5.71. The molecule has 16 heavy (non-hydrogen) atoms. The molecule has 2 N–H and O–H groups in total. The molecule has 0 atom stereocenters. The highest BCUT2D eigenvalue weighted by Gasteiger charge is 2.25. The summed E-state index contributed by atoms with van der Waals surface area (Å²) >= 11 is 0. The summed E-state index contributed by atoms with van der Waals surface area (Å²) in [5, 5.41) is 9.26. The predicted molar refractivity (Wildman–Crippen MR) is 57.2 cm³/mol. The Balaban J connectivity index is 2.44. The largest absolute Gasteiger partial charge is 0.468 e. The van der Waals surface area contributed by atoms with Gasteiger partial charge in [-0.15, -0.1) is 0 Å². The lowest BCUT2D eigenvalue weighted by Crippen LogP contribution is -2.41. The molecule has 0 aromatic carbocycles. The third-order valence-corrected chi connectivity index (χ3v) is 3.89. The molecule has 1 aliphatic carbocycles. The van der Waals surface area contributed by atoms with Gasteiger partial charge in [-0.1, -0.05) is 0 Å². The number of carbonyl (C=O) groups excluding carboxylic acids is 1. The van der Waals surface area contributed by atoms with Crippen molar-refractivity contribution < 1.29 is 23.1 Å². The van der Waals surface area contributed by atoms with Gasteiger partial charge in [-0.2, -0.15) is 0 Å². The Morgan fingerprint density at radius 2 is 1.94 bits per heavy atom. The van der Waals surface area contributed by atoms with Gasteiger partial charge in [0.25, 0.3) is 0 Å². The monoisotopic (exact) mass is 251 g/mol. The quantitative estimate of drug-likeness (QED) is 0.650. The Morgan fingerprint density at radius 1 is 1.38 bits per heavy atom. The first-order valence-electron chi connectivity index (χ1n) is 5.18. The SMILES string of the molecule is COC(=O)CS(=O)(=O)NC1CCC(O)CC1. The highest BCUT2D eigenvalue weighted by Crippen LogP contribution is 2.18. The van der Waals surface area contributed by atoms with Crippen molar-refractivity contribution >= 4 is 16.0 Å². The van der Waals surface area contributed by atoms with E-state index in [1.54, 1.807) is 0 Å². The van der Waals surface area contributed by atoms with Crippen LogP contribution in [0.2, 0.25) is 0 Å². The third-order valence-electron chi connectivity index (χ3n) is 2.58. The molecule has 0 amide bonds. The summed E-state index contributed by atoms with van der Waals surface area (Å²) in [7, 11) is -2.47. The van der Waals surface area contributed by atoms with Crippen LogP contribution in [0.1, 0.15) is 25.7 Å². The smallest absolute Gasteiger partial charge is 0.322 e. The molecule has 1 saturated carbocycles. The molecular formula is C9H17NO5S. The van der Waals surface area contributed by atoms with E-state index in [1.807, 2.05) is 0 Å². The summed E-state index contributed by atoms with van der Waals surface area (Å²) in [6, 6.07) is -0.182. The number of hydrogen-bond donors (Lipinski definition) is 2. The van der Waals surface area contributed by atoms with Crippen molar-refractivity contribution in [3.63, 3.8) is 0 Å². The molecule has 94 valence electrons. The van der Waals surface area contributed by atoms with Crippen molar-refractivity contribution in [3.8, 4) is 0 Å². The zero-order chi connectivity index (χ0) is 12.2. The van der Waals surface area contributed by atoms with E-state index in [0.717, 1.165) is 7.11 Å². The van der Waals surface area contributed by atoms with Crippen LogP contribution in [-0.2, 0) is 19.6 Å². The summed E-state index contributed by atoms with van der Waals surface area (Å²) in [6.45, 7) is 0. The van der Waals surface area contributed by atoms with Crippen LogP contribution in [0, 0.1) is 0 Å². The molecule has 0 aromatic heterocycles. The average Bonchev–Trinajstić information content (AvgIpc) is 2.20. The van der Waals surface area contributed by atoms with Crippen LogP contribution in [-0.4, -0.2) is 44.5 Å². The van der Waals surface area contributed by atoms with Crippen LogP contribution in [0.5, 0.6) is 0 Å². The molecule has 7 heteroatoms. The minimum atomic E-state index is -3.62. The lowest BCUT2D eigenvalue weighted by molar-refractivity contribution is -0.137. The summed E-state index contributed by atoms with van der Waals surface area (Å²) in [6.07, 6.45) is 2.04. The Bertz CT molecular complexity index is 332. The van der Waals surface area contributed by atoms with Crippen LogP contribution in [0.15, 0.2) is 0 Å². The first-order chi connectivity index (χ1) is 7.43. The van der Waals surface area contributed by atoms with Crippen molar-refractivity contribution in [1.29, 1.82) is 0 Å². The van der Waals surface area contributed by atoms with Gasteiger partial charge in [0.1, 0.15) is 0 Å². The topological polar surface area (TPSA) is 92.7 Å². The standard InChI is InChI=1S/C9H17NO5S/c1-15-9(12)6-16(13,14)10-7-2-4-8(11)5-3-7/h7-8,10-11H,2-6H2,1H3. The number of esters is 1. The van der Waals surface area contributed by atoms with Crippen LogP contribution < -0.4 is 4.72 Å². The van der Waals surface area contributed by atoms with Gasteiger partial charge in [0.15, 0.2) is 5.75 Å².